The average Bonchev–Trinajstić information content (AvgIpc) is 3.56. The van der Waals surface area contributed by atoms with E-state index < -0.39 is 65.6 Å². The van der Waals surface area contributed by atoms with Crippen LogP contribution in [0.15, 0.2) is 36.4 Å². The molecule has 3 heterocycles. The Labute approximate surface area is 240 Å². The molecule has 2 N–H and O–H groups in total. The molecule has 44 heavy (non-hydrogen) atoms. The van der Waals surface area contributed by atoms with Crippen LogP contribution in [0.4, 0.5) is 22.7 Å². The molecule has 0 radical (unpaired) electrons. The number of hydrogen-bond donors (Lipinski definition) is 2. The van der Waals surface area contributed by atoms with Crippen LogP contribution in [0.5, 0.6) is 0 Å². The fourth-order valence-electron chi connectivity index (χ4n) is 4.20. The van der Waals surface area contributed by atoms with Gasteiger partial charge < -0.3 is 10.6 Å². The van der Waals surface area contributed by atoms with Crippen molar-refractivity contribution in [2.45, 2.75) is 0 Å². The Morgan fingerprint density at radius 3 is 1.34 bits per heavy atom. The number of benzene rings is 2. The van der Waals surface area contributed by atoms with Crippen molar-refractivity contribution in [3.8, 4) is 11.4 Å². The maximum Gasteiger partial charge on any atom is 0.301 e. The molecule has 0 saturated heterocycles. The van der Waals surface area contributed by atoms with Gasteiger partial charge in [-0.1, -0.05) is 0 Å². The van der Waals surface area contributed by atoms with E-state index in [4.69, 9.17) is 0 Å². The number of nitrogens with one attached hydrogen (secondary N) is 2. The smallest absolute Gasteiger partial charge is 0.301 e. The van der Waals surface area contributed by atoms with Crippen molar-refractivity contribution >= 4 is 56.9 Å². The first kappa shape index (κ1) is 28.5. The van der Waals surface area contributed by atoms with Gasteiger partial charge in [-0.2, -0.15) is 10.2 Å². The van der Waals surface area contributed by atoms with Crippen LogP contribution in [0.3, 0.4) is 0 Å². The highest BCUT2D eigenvalue weighted by Gasteiger charge is 2.31. The van der Waals surface area contributed by atoms with Crippen molar-refractivity contribution in [3.05, 3.63) is 88.2 Å². The number of nitrogens with zero attached hydrogens (tertiary/aromatic N) is 10. The molecule has 5 aromatic rings. The van der Waals surface area contributed by atoms with E-state index in [-0.39, 0.29) is 33.7 Å². The molecule has 0 aliphatic rings. The highest BCUT2D eigenvalue weighted by Crippen LogP contribution is 2.34. The zero-order valence-corrected chi connectivity index (χ0v) is 22.0. The van der Waals surface area contributed by atoms with Crippen LogP contribution in [0.2, 0.25) is 0 Å². The minimum Gasteiger partial charge on any atom is -0.354 e. The Morgan fingerprint density at radius 1 is 0.636 bits per heavy atom. The lowest BCUT2D eigenvalue weighted by atomic mass is 10.2. The Morgan fingerprint density at radius 2 is 1.02 bits per heavy atom. The summed E-state index contributed by atoms with van der Waals surface area (Å²) < 4.78 is 1.63. The van der Waals surface area contributed by atoms with E-state index in [9.17, 15) is 50.0 Å². The third kappa shape index (κ3) is 4.48. The zero-order valence-electron chi connectivity index (χ0n) is 22.0. The molecular weight excluding hydrogens is 592 g/mol. The minimum atomic E-state index is -0.921. The molecule has 5 rings (SSSR count). The molecule has 0 fully saturated rings. The molecule has 22 nitrogen and oxygen atoms in total. The van der Waals surface area contributed by atoms with Crippen LogP contribution in [-0.4, -0.2) is 75.1 Å². The first-order valence-corrected chi connectivity index (χ1v) is 11.9. The number of nitro groups is 4. The van der Waals surface area contributed by atoms with Crippen molar-refractivity contribution in [3.63, 3.8) is 0 Å². The van der Waals surface area contributed by atoms with E-state index in [0.29, 0.717) is 12.1 Å². The van der Waals surface area contributed by atoms with E-state index in [0.717, 1.165) is 33.6 Å². The minimum absolute atomic E-state index is 0.285. The number of rotatable bonds is 8. The number of hydrogen-bond acceptors (Lipinski definition) is 14. The third-order valence-corrected chi connectivity index (χ3v) is 6.18. The highest BCUT2D eigenvalue weighted by molar-refractivity contribution is 6.07. The molecule has 22 heteroatoms. The van der Waals surface area contributed by atoms with E-state index >= 15 is 0 Å². The summed E-state index contributed by atoms with van der Waals surface area (Å²) in [4.78, 5) is 77.0. The largest absolute Gasteiger partial charge is 0.354 e. The molecule has 0 bridgehead atoms. The number of aromatic nitrogens is 6. The van der Waals surface area contributed by atoms with Gasteiger partial charge in [-0.05, 0) is 12.1 Å². The summed E-state index contributed by atoms with van der Waals surface area (Å²) in [5.41, 5.74) is -5.64. The van der Waals surface area contributed by atoms with Gasteiger partial charge in [0, 0.05) is 26.2 Å². The Kier molecular flexibility index (Phi) is 6.77. The van der Waals surface area contributed by atoms with Crippen LogP contribution in [-0.2, 0) is 0 Å². The maximum absolute atomic E-state index is 12.8. The fourth-order valence-corrected chi connectivity index (χ4v) is 4.20. The Bertz CT molecular complexity index is 1970. The van der Waals surface area contributed by atoms with Gasteiger partial charge in [0.1, 0.15) is 22.4 Å². The van der Waals surface area contributed by atoms with Gasteiger partial charge in [0.05, 0.1) is 31.8 Å². The van der Waals surface area contributed by atoms with Gasteiger partial charge in [0.25, 0.3) is 23.2 Å². The molecule has 2 aromatic carbocycles. The van der Waals surface area contributed by atoms with Crippen molar-refractivity contribution in [1.82, 2.24) is 40.2 Å². The molecule has 0 atom stereocenters. The molecular formula is C22H14N12O10. The first-order chi connectivity index (χ1) is 20.9. The third-order valence-electron chi connectivity index (χ3n) is 6.18. The number of nitro benzene ring substituents is 4. The van der Waals surface area contributed by atoms with Gasteiger partial charge in [-0.25, -0.2) is 19.3 Å². The Hall–Kier alpha value is -7.00. The van der Waals surface area contributed by atoms with Crippen LogP contribution in [0.1, 0.15) is 21.0 Å². The summed E-state index contributed by atoms with van der Waals surface area (Å²) in [6, 6.07) is 5.24. The van der Waals surface area contributed by atoms with Gasteiger partial charge >= 0.3 is 11.4 Å². The predicted molar refractivity (Wildman–Crippen MR) is 145 cm³/mol. The van der Waals surface area contributed by atoms with Gasteiger partial charge in [0.15, 0.2) is 22.7 Å². The summed E-state index contributed by atoms with van der Waals surface area (Å²) in [5.74, 6) is -1.65. The summed E-state index contributed by atoms with van der Waals surface area (Å²) >= 11 is 0. The van der Waals surface area contributed by atoms with Crippen LogP contribution >= 0.6 is 0 Å². The van der Waals surface area contributed by atoms with Crippen molar-refractivity contribution < 1.29 is 29.3 Å². The molecule has 0 aliphatic heterocycles. The molecule has 2 amide bonds. The second-order valence-corrected chi connectivity index (χ2v) is 8.62. The van der Waals surface area contributed by atoms with Crippen LogP contribution in [0, 0.1) is 40.5 Å². The van der Waals surface area contributed by atoms with E-state index in [2.05, 4.69) is 30.8 Å². The van der Waals surface area contributed by atoms with Crippen molar-refractivity contribution in [2.75, 3.05) is 14.1 Å². The first-order valence-electron chi connectivity index (χ1n) is 11.9. The number of fused-ring (bicyclic) bond motifs is 2. The lowest BCUT2D eigenvalue weighted by Gasteiger charge is -2.06. The van der Waals surface area contributed by atoms with Gasteiger partial charge in [-0.15, -0.1) is 0 Å². The number of non-ortho nitro benzene ring substituents is 2. The normalized spacial score (nSPS) is 11.0. The molecule has 0 aliphatic carbocycles. The van der Waals surface area contributed by atoms with Gasteiger partial charge in [0.2, 0.25) is 0 Å². The molecule has 0 saturated carbocycles. The summed E-state index contributed by atoms with van der Waals surface area (Å²) in [7, 11) is 2.52. The van der Waals surface area contributed by atoms with E-state index in [1.54, 1.807) is 0 Å². The topological polar surface area (TPSA) is 292 Å². The summed E-state index contributed by atoms with van der Waals surface area (Å²) in [5, 5.41) is 59.2. The quantitative estimate of drug-likeness (QED) is 0.187. The van der Waals surface area contributed by atoms with E-state index in [1.165, 1.54) is 14.1 Å². The number of carbonyl (C=O) groups is 2. The highest BCUT2D eigenvalue weighted by atomic mass is 16.6. The standard InChI is InChI=1S/C22H14N12O10/c1-23-21(35)17-15-19(29(27-17)11-5-3-9(31(37)38)7-13(11)33(41)42)26-20-16(25-15)18(22(36)24-2)28-30(20)12-6-4-10(32(39)40)8-14(12)34(43)44/h3-8H,1-2H3,(H,23,35)(H,24,36). The van der Waals surface area contributed by atoms with Crippen LogP contribution < -0.4 is 10.6 Å². The zero-order chi connectivity index (χ0) is 32.0. The molecule has 222 valence electrons. The molecule has 3 aromatic heterocycles. The van der Waals surface area contributed by atoms with Gasteiger partial charge in [-0.3, -0.25) is 50.0 Å². The van der Waals surface area contributed by atoms with E-state index in [1.807, 2.05) is 0 Å². The summed E-state index contributed by atoms with van der Waals surface area (Å²) in [6.07, 6.45) is 0. The molecule has 0 spiro atoms. The Balaban J connectivity index is 1.93. The SMILES string of the molecule is CNC(=O)c1nn(-c2ccc([N+](=O)[O-])cc2[N+](=O)[O-])c2nc3c(nc12)c(C(=O)NC)nn3-c1ccc([N+](=O)[O-])cc1[N+](=O)[O-]. The number of amides is 2. The average molecular weight is 606 g/mol. The van der Waals surface area contributed by atoms with Crippen molar-refractivity contribution in [2.24, 2.45) is 0 Å². The molecule has 0 unspecified atom stereocenters. The number of carbonyl (C=O) groups excluding carboxylic acids is 2. The maximum atomic E-state index is 12.8. The second kappa shape index (κ2) is 10.4. The lowest BCUT2D eigenvalue weighted by Crippen LogP contribution is -2.20. The lowest BCUT2D eigenvalue weighted by molar-refractivity contribution is -0.394. The second-order valence-electron chi connectivity index (χ2n) is 8.62. The van der Waals surface area contributed by atoms with Crippen molar-refractivity contribution in [1.29, 1.82) is 0 Å². The monoisotopic (exact) mass is 606 g/mol. The van der Waals surface area contributed by atoms with Crippen LogP contribution in [0.25, 0.3) is 33.7 Å². The fraction of sp³-hybridized carbons (Fsp3) is 0.0909. The predicted octanol–water partition coefficient (Wildman–Crippen LogP) is 1.51. The summed E-state index contributed by atoms with van der Waals surface area (Å²) in [6.45, 7) is 0.